The molecule has 0 aromatic heterocycles. The van der Waals surface area contributed by atoms with Gasteiger partial charge in [0.2, 0.25) is 0 Å². The Morgan fingerprint density at radius 1 is 1.20 bits per heavy atom. The molecule has 1 aliphatic rings. The van der Waals surface area contributed by atoms with E-state index in [9.17, 15) is 14.7 Å². The summed E-state index contributed by atoms with van der Waals surface area (Å²) in [6.45, 7) is 0. The molecule has 1 fully saturated rings. The van der Waals surface area contributed by atoms with Gasteiger partial charge in [-0.2, -0.15) is 0 Å². The minimum Gasteiger partial charge on any atom is -0.382 e. The number of carbonyl (C=O) groups is 2. The van der Waals surface area contributed by atoms with E-state index in [1.54, 1.807) is 12.1 Å². The quantitative estimate of drug-likeness (QED) is 0.582. The van der Waals surface area contributed by atoms with Gasteiger partial charge in [-0.1, -0.05) is 61.4 Å². The van der Waals surface area contributed by atoms with Crippen LogP contribution in [-0.2, 0) is 4.79 Å². The van der Waals surface area contributed by atoms with Crippen LogP contribution < -0.4 is 16.6 Å². The van der Waals surface area contributed by atoms with Crippen LogP contribution in [0.1, 0.15) is 48.9 Å². The number of hydrazine groups is 1. The molecule has 1 aromatic rings. The third-order valence-electron chi connectivity index (χ3n) is 4.50. The number of nitrogens with two attached hydrogens (primary N) is 1. The summed E-state index contributed by atoms with van der Waals surface area (Å²) < 4.78 is 0. The van der Waals surface area contributed by atoms with Gasteiger partial charge in [0.25, 0.3) is 11.8 Å². The molecule has 1 unspecified atom stereocenters. The summed E-state index contributed by atoms with van der Waals surface area (Å²) in [7, 11) is 0. The van der Waals surface area contributed by atoms with Crippen molar-refractivity contribution < 1.29 is 14.7 Å². The van der Waals surface area contributed by atoms with Gasteiger partial charge in [0.1, 0.15) is 6.10 Å². The number of aliphatic hydroxyl groups excluding tert-OH is 1. The topological polar surface area (TPSA) is 104 Å². The summed E-state index contributed by atoms with van der Waals surface area (Å²) >= 11 is 11.8. The molecule has 1 aliphatic carbocycles. The average Bonchev–Trinajstić information content (AvgIpc) is 2.61. The van der Waals surface area contributed by atoms with Gasteiger partial charge in [-0.05, 0) is 24.5 Å². The molecule has 0 bridgehead atoms. The molecular weight excluding hydrogens is 365 g/mol. The predicted octanol–water partition coefficient (Wildman–Crippen LogP) is 2.41. The molecule has 0 heterocycles. The van der Waals surface area contributed by atoms with Crippen molar-refractivity contribution in [2.45, 2.75) is 50.7 Å². The Hall–Kier alpha value is -1.34. The molecule has 0 aliphatic heterocycles. The molecular formula is C17H23Cl2N3O3. The van der Waals surface area contributed by atoms with Crippen molar-refractivity contribution in [3.05, 3.63) is 33.8 Å². The Kier molecular flexibility index (Phi) is 7.50. The molecule has 2 atom stereocenters. The lowest BCUT2D eigenvalue weighted by Crippen LogP contribution is -2.52. The van der Waals surface area contributed by atoms with Crippen LogP contribution in [0.3, 0.4) is 0 Å². The number of aliphatic hydroxyl groups is 1. The molecule has 0 spiro atoms. The van der Waals surface area contributed by atoms with Crippen molar-refractivity contribution >= 4 is 35.0 Å². The second-order valence-corrected chi connectivity index (χ2v) is 7.18. The number of nitrogens with one attached hydrogen (secondary N) is 2. The first kappa shape index (κ1) is 20.0. The number of amides is 2. The van der Waals surface area contributed by atoms with E-state index in [1.165, 1.54) is 12.5 Å². The summed E-state index contributed by atoms with van der Waals surface area (Å²) in [6, 6.07) is 3.92. The van der Waals surface area contributed by atoms with Crippen LogP contribution in [0.15, 0.2) is 18.2 Å². The number of benzene rings is 1. The third-order valence-corrected chi connectivity index (χ3v) is 5.32. The van der Waals surface area contributed by atoms with E-state index in [2.05, 4.69) is 10.9 Å². The summed E-state index contributed by atoms with van der Waals surface area (Å²) in [6.07, 6.45) is 4.90. The largest absolute Gasteiger partial charge is 0.382 e. The van der Waals surface area contributed by atoms with E-state index >= 15 is 0 Å². The highest BCUT2D eigenvalue weighted by Crippen LogP contribution is 2.27. The van der Waals surface area contributed by atoms with Gasteiger partial charge >= 0.3 is 0 Å². The van der Waals surface area contributed by atoms with Gasteiger partial charge in [0.05, 0.1) is 15.6 Å². The fourth-order valence-electron chi connectivity index (χ4n) is 3.07. The molecule has 5 N–H and O–H groups in total. The normalized spacial score (nSPS) is 17.6. The van der Waals surface area contributed by atoms with Gasteiger partial charge in [0.15, 0.2) is 0 Å². The first-order valence-electron chi connectivity index (χ1n) is 8.38. The molecule has 2 amide bonds. The van der Waals surface area contributed by atoms with Gasteiger partial charge in [0, 0.05) is 6.04 Å². The van der Waals surface area contributed by atoms with Crippen molar-refractivity contribution in [3.63, 3.8) is 0 Å². The van der Waals surface area contributed by atoms with Crippen LogP contribution in [0.4, 0.5) is 0 Å². The number of carbonyl (C=O) groups excluding carboxylic acids is 2. The Labute approximate surface area is 157 Å². The third kappa shape index (κ3) is 5.57. The fourth-order valence-corrected chi connectivity index (χ4v) is 3.46. The van der Waals surface area contributed by atoms with Gasteiger partial charge in [-0.25, -0.2) is 0 Å². The predicted molar refractivity (Wildman–Crippen MR) is 97.2 cm³/mol. The van der Waals surface area contributed by atoms with E-state index < -0.39 is 24.0 Å². The molecule has 6 nitrogen and oxygen atoms in total. The van der Waals surface area contributed by atoms with E-state index in [0.29, 0.717) is 12.3 Å². The van der Waals surface area contributed by atoms with Crippen molar-refractivity contribution in [1.29, 1.82) is 0 Å². The van der Waals surface area contributed by atoms with Crippen molar-refractivity contribution in [3.8, 4) is 0 Å². The number of hydrogen-bond acceptors (Lipinski definition) is 4. The Bertz CT molecular complexity index is 621. The van der Waals surface area contributed by atoms with E-state index in [4.69, 9.17) is 28.9 Å². The Balaban J connectivity index is 1.83. The zero-order valence-corrected chi connectivity index (χ0v) is 15.3. The van der Waals surface area contributed by atoms with Crippen molar-refractivity contribution in [2.75, 3.05) is 0 Å². The first-order chi connectivity index (χ1) is 11.9. The highest BCUT2D eigenvalue weighted by Gasteiger charge is 2.27. The number of rotatable bonds is 5. The smallest absolute Gasteiger partial charge is 0.271 e. The Morgan fingerprint density at radius 2 is 1.88 bits per heavy atom. The second kappa shape index (κ2) is 9.38. The van der Waals surface area contributed by atoms with Crippen molar-refractivity contribution in [1.82, 2.24) is 10.9 Å². The summed E-state index contributed by atoms with van der Waals surface area (Å²) in [4.78, 5) is 24.0. The second-order valence-electron chi connectivity index (χ2n) is 6.39. The van der Waals surface area contributed by atoms with E-state index in [-0.39, 0.29) is 15.6 Å². The Morgan fingerprint density at radius 3 is 2.56 bits per heavy atom. The first-order valence-corrected chi connectivity index (χ1v) is 9.13. The zero-order valence-electron chi connectivity index (χ0n) is 13.8. The minimum absolute atomic E-state index is 0.0884. The highest BCUT2D eigenvalue weighted by molar-refractivity contribution is 6.43. The maximum Gasteiger partial charge on any atom is 0.271 e. The van der Waals surface area contributed by atoms with Crippen molar-refractivity contribution in [2.24, 2.45) is 11.7 Å². The maximum absolute atomic E-state index is 12.0. The number of halogens is 2. The van der Waals surface area contributed by atoms with Crippen LogP contribution in [0, 0.1) is 5.92 Å². The molecule has 0 saturated heterocycles. The zero-order chi connectivity index (χ0) is 18.4. The molecule has 0 radical (unpaired) electrons. The SMILES string of the molecule is N[C@H](CC1CCCCC1)C(O)C(=O)NNC(=O)c1cccc(Cl)c1Cl. The van der Waals surface area contributed by atoms with Crippen LogP contribution in [0.25, 0.3) is 0 Å². The van der Waals surface area contributed by atoms with Gasteiger partial charge in [-0.15, -0.1) is 0 Å². The summed E-state index contributed by atoms with van der Waals surface area (Å²) in [5.74, 6) is -0.949. The highest BCUT2D eigenvalue weighted by atomic mass is 35.5. The molecule has 1 aromatic carbocycles. The lowest BCUT2D eigenvalue weighted by molar-refractivity contribution is -0.131. The standard InChI is InChI=1S/C17H23Cl2N3O3/c18-12-8-4-7-11(14(12)19)16(24)21-22-17(25)15(23)13(20)9-10-5-2-1-3-6-10/h4,7-8,10,13,15,23H,1-3,5-6,9,20H2,(H,21,24)(H,22,25)/t13-,15?/m1/s1. The molecule has 25 heavy (non-hydrogen) atoms. The van der Waals surface area contributed by atoms with Gasteiger partial charge < -0.3 is 10.8 Å². The summed E-state index contributed by atoms with van der Waals surface area (Å²) in [5, 5.41) is 10.4. The summed E-state index contributed by atoms with van der Waals surface area (Å²) in [5.41, 5.74) is 10.5. The molecule has 2 rings (SSSR count). The van der Waals surface area contributed by atoms with E-state index in [0.717, 1.165) is 25.7 Å². The minimum atomic E-state index is -1.39. The van der Waals surface area contributed by atoms with Crippen LogP contribution in [0.5, 0.6) is 0 Å². The maximum atomic E-state index is 12.0. The lowest BCUT2D eigenvalue weighted by atomic mass is 9.84. The average molecular weight is 388 g/mol. The monoisotopic (exact) mass is 387 g/mol. The molecule has 1 saturated carbocycles. The molecule has 138 valence electrons. The fraction of sp³-hybridized carbons (Fsp3) is 0.529. The van der Waals surface area contributed by atoms with E-state index in [1.807, 2.05) is 0 Å². The molecule has 8 heteroatoms. The lowest BCUT2D eigenvalue weighted by Gasteiger charge is -2.26. The van der Waals surface area contributed by atoms with Crippen LogP contribution in [-0.4, -0.2) is 29.1 Å². The van der Waals surface area contributed by atoms with Gasteiger partial charge in [-0.3, -0.25) is 20.4 Å². The number of hydrogen-bond donors (Lipinski definition) is 4. The van der Waals surface area contributed by atoms with Crippen LogP contribution in [0.2, 0.25) is 10.0 Å². The van der Waals surface area contributed by atoms with Crippen LogP contribution >= 0.6 is 23.2 Å².